The van der Waals surface area contributed by atoms with Gasteiger partial charge in [-0.15, -0.1) is 11.3 Å². The van der Waals surface area contributed by atoms with E-state index in [0.717, 1.165) is 15.3 Å². The van der Waals surface area contributed by atoms with Crippen LogP contribution in [0.1, 0.15) is 20.1 Å². The molecule has 0 aliphatic rings. The molecule has 0 bridgehead atoms. The topological polar surface area (TPSA) is 51.2 Å². The highest BCUT2D eigenvalue weighted by molar-refractivity contribution is 8.01. The van der Waals surface area contributed by atoms with Gasteiger partial charge in [-0.25, -0.2) is 8.42 Å². The minimum Gasteiger partial charge on any atom is -0.293 e. The molecule has 0 atom stereocenters. The highest BCUT2D eigenvalue weighted by Gasteiger charge is 2.12. The monoisotopic (exact) mass is 292 g/mol. The number of thiophene rings is 1. The van der Waals surface area contributed by atoms with Gasteiger partial charge in [0.15, 0.2) is 5.78 Å². The van der Waals surface area contributed by atoms with Crippen molar-refractivity contribution in [2.24, 2.45) is 0 Å². The number of thioether (sulfide) groups is 1. The minimum absolute atomic E-state index is 0.0883. The molecule has 0 radical (unpaired) electrons. The van der Waals surface area contributed by atoms with E-state index in [2.05, 4.69) is 0 Å². The maximum atomic E-state index is 11.8. The molecule has 0 unspecified atom stereocenters. The summed E-state index contributed by atoms with van der Waals surface area (Å²) in [4.78, 5) is 14.0. The first-order valence-corrected chi connectivity index (χ1v) is 9.18. The van der Waals surface area contributed by atoms with E-state index in [1.807, 2.05) is 19.9 Å². The number of hydrogen-bond acceptors (Lipinski definition) is 5. The van der Waals surface area contributed by atoms with Crippen LogP contribution in [0.5, 0.6) is 0 Å². The zero-order valence-electron chi connectivity index (χ0n) is 10.1. The lowest BCUT2D eigenvalue weighted by Crippen LogP contribution is -2.08. The number of rotatable bonds is 6. The number of Topliss-reactive ketones (excluding diaryl/α,β-unsaturated/α-hetero) is 1. The molecule has 3 nitrogen and oxygen atoms in total. The van der Waals surface area contributed by atoms with Gasteiger partial charge in [0.25, 0.3) is 0 Å². The predicted octanol–water partition coefficient (Wildman–Crippen LogP) is 2.33. The summed E-state index contributed by atoms with van der Waals surface area (Å²) in [6.07, 6.45) is 1.21. The Morgan fingerprint density at radius 1 is 1.41 bits per heavy atom. The van der Waals surface area contributed by atoms with Gasteiger partial charge in [0.2, 0.25) is 0 Å². The highest BCUT2D eigenvalue weighted by atomic mass is 32.2. The third kappa shape index (κ3) is 5.23. The molecule has 0 amide bonds. The number of carbonyl (C=O) groups excluding carboxylic acids is 1. The molecule has 1 heterocycles. The summed E-state index contributed by atoms with van der Waals surface area (Å²) in [7, 11) is -2.92. The fourth-order valence-corrected chi connectivity index (χ4v) is 4.47. The smallest absolute Gasteiger partial charge is 0.173 e. The Morgan fingerprint density at radius 2 is 2.06 bits per heavy atom. The van der Waals surface area contributed by atoms with Crippen molar-refractivity contribution < 1.29 is 13.2 Å². The number of aryl methyl sites for hydroxylation is 2. The fourth-order valence-electron chi connectivity index (χ4n) is 1.36. The van der Waals surface area contributed by atoms with Crippen LogP contribution in [0.15, 0.2) is 6.07 Å². The lowest BCUT2D eigenvalue weighted by molar-refractivity contribution is 0.102. The third-order valence-electron chi connectivity index (χ3n) is 2.17. The molecule has 0 aromatic carbocycles. The maximum Gasteiger partial charge on any atom is 0.173 e. The Hall–Kier alpha value is -0.330. The van der Waals surface area contributed by atoms with Crippen molar-refractivity contribution in [1.82, 2.24) is 0 Å². The van der Waals surface area contributed by atoms with Gasteiger partial charge in [-0.3, -0.25) is 4.79 Å². The summed E-state index contributed by atoms with van der Waals surface area (Å²) in [5.74, 6) is 1.05. The first kappa shape index (κ1) is 14.7. The molecule has 0 fully saturated rings. The van der Waals surface area contributed by atoms with Crippen LogP contribution in [-0.4, -0.2) is 37.7 Å². The molecule has 0 N–H and O–H groups in total. The van der Waals surface area contributed by atoms with E-state index in [9.17, 15) is 13.2 Å². The molecule has 1 aromatic rings. The fraction of sp³-hybridized carbons (Fsp3) is 0.545. The number of carbonyl (C=O) groups is 1. The molecular weight excluding hydrogens is 276 g/mol. The van der Waals surface area contributed by atoms with Gasteiger partial charge >= 0.3 is 0 Å². The molecule has 0 saturated carbocycles. The van der Waals surface area contributed by atoms with Crippen LogP contribution < -0.4 is 0 Å². The molecule has 0 aliphatic carbocycles. The highest BCUT2D eigenvalue weighted by Crippen LogP contribution is 2.22. The normalized spacial score (nSPS) is 11.7. The van der Waals surface area contributed by atoms with Gasteiger partial charge in [-0.1, -0.05) is 0 Å². The van der Waals surface area contributed by atoms with Gasteiger partial charge < -0.3 is 0 Å². The van der Waals surface area contributed by atoms with Crippen LogP contribution in [0.2, 0.25) is 0 Å². The van der Waals surface area contributed by atoms with E-state index in [0.29, 0.717) is 11.5 Å². The van der Waals surface area contributed by atoms with Crippen LogP contribution in [0, 0.1) is 13.8 Å². The molecule has 0 aliphatic heterocycles. The van der Waals surface area contributed by atoms with Crippen molar-refractivity contribution in [1.29, 1.82) is 0 Å². The lowest BCUT2D eigenvalue weighted by atomic mass is 10.2. The van der Waals surface area contributed by atoms with Crippen molar-refractivity contribution in [2.45, 2.75) is 13.8 Å². The Bertz CT molecular complexity index is 500. The largest absolute Gasteiger partial charge is 0.293 e. The number of ketones is 1. The molecule has 1 aromatic heterocycles. The Kier molecular flexibility index (Phi) is 5.22. The Labute approximate surface area is 111 Å². The van der Waals surface area contributed by atoms with Gasteiger partial charge in [0.1, 0.15) is 9.84 Å². The molecule has 96 valence electrons. The van der Waals surface area contributed by atoms with E-state index in [1.54, 1.807) is 11.3 Å². The summed E-state index contributed by atoms with van der Waals surface area (Å²) in [6.45, 7) is 3.91. The molecule has 0 saturated heterocycles. The van der Waals surface area contributed by atoms with Gasteiger partial charge in [-0.2, -0.15) is 11.8 Å². The summed E-state index contributed by atoms with van der Waals surface area (Å²) < 4.78 is 21.8. The zero-order valence-corrected chi connectivity index (χ0v) is 12.6. The summed E-state index contributed by atoms with van der Waals surface area (Å²) >= 11 is 2.99. The average molecular weight is 292 g/mol. The van der Waals surface area contributed by atoms with Crippen LogP contribution in [0.25, 0.3) is 0 Å². The predicted molar refractivity (Wildman–Crippen MR) is 75.2 cm³/mol. The molecule has 17 heavy (non-hydrogen) atoms. The Morgan fingerprint density at radius 3 is 2.53 bits per heavy atom. The van der Waals surface area contributed by atoms with Crippen molar-refractivity contribution in [3.8, 4) is 0 Å². The molecular formula is C11H16O3S3. The first-order valence-electron chi connectivity index (χ1n) is 5.15. The standard InChI is InChI=1S/C11H16O3S3/c1-8-6-10(9(2)16-8)11(12)7-15-4-5-17(3,13)14/h6H,4-5,7H2,1-3H3. The number of hydrogen-bond donors (Lipinski definition) is 0. The molecule has 0 spiro atoms. The number of sulfone groups is 1. The first-order chi connectivity index (χ1) is 7.79. The summed E-state index contributed by atoms with van der Waals surface area (Å²) in [5, 5.41) is 0. The van der Waals surface area contributed by atoms with Crippen LogP contribution >= 0.6 is 23.1 Å². The van der Waals surface area contributed by atoms with E-state index in [4.69, 9.17) is 0 Å². The van der Waals surface area contributed by atoms with E-state index < -0.39 is 9.84 Å². The van der Waals surface area contributed by atoms with Crippen molar-refractivity contribution in [2.75, 3.05) is 23.5 Å². The van der Waals surface area contributed by atoms with E-state index in [-0.39, 0.29) is 11.5 Å². The summed E-state index contributed by atoms with van der Waals surface area (Å²) in [5.41, 5.74) is 0.777. The van der Waals surface area contributed by atoms with Crippen LogP contribution in [0.3, 0.4) is 0 Å². The maximum absolute atomic E-state index is 11.8. The van der Waals surface area contributed by atoms with Crippen LogP contribution in [0.4, 0.5) is 0 Å². The van der Waals surface area contributed by atoms with Crippen molar-refractivity contribution >= 4 is 38.7 Å². The lowest BCUT2D eigenvalue weighted by Gasteiger charge is -2.00. The van der Waals surface area contributed by atoms with E-state index in [1.165, 1.54) is 18.0 Å². The second-order valence-electron chi connectivity index (χ2n) is 3.93. The van der Waals surface area contributed by atoms with E-state index >= 15 is 0 Å². The SMILES string of the molecule is Cc1cc(C(=O)CSCCS(C)(=O)=O)c(C)s1. The van der Waals surface area contributed by atoms with Gasteiger partial charge in [-0.05, 0) is 19.9 Å². The average Bonchev–Trinajstić information content (AvgIpc) is 2.51. The quantitative estimate of drug-likeness (QED) is 0.596. The molecule has 6 heteroatoms. The second kappa shape index (κ2) is 6.02. The second-order valence-corrected chi connectivity index (χ2v) is 8.76. The van der Waals surface area contributed by atoms with Crippen LogP contribution in [-0.2, 0) is 9.84 Å². The van der Waals surface area contributed by atoms with Crippen molar-refractivity contribution in [3.05, 3.63) is 21.4 Å². The van der Waals surface area contributed by atoms with Crippen molar-refractivity contribution in [3.63, 3.8) is 0 Å². The summed E-state index contributed by atoms with van der Waals surface area (Å²) in [6, 6.07) is 1.90. The van der Waals surface area contributed by atoms with Gasteiger partial charge in [0.05, 0.1) is 11.5 Å². The molecule has 1 rings (SSSR count). The third-order valence-corrected chi connectivity index (χ3v) is 5.30. The van der Waals surface area contributed by atoms with Gasteiger partial charge in [0, 0.05) is 27.3 Å². The Balaban J connectivity index is 2.43. The minimum atomic E-state index is -2.92. The zero-order chi connectivity index (χ0) is 13.1.